The molecule has 2 atom stereocenters. The van der Waals surface area contributed by atoms with Crippen molar-refractivity contribution in [2.75, 3.05) is 14.1 Å². The Morgan fingerprint density at radius 2 is 1.40 bits per heavy atom. The minimum Gasteiger partial charge on any atom is -0.597 e. The van der Waals surface area contributed by atoms with E-state index in [1.165, 1.54) is 57.8 Å². The Kier molecular flexibility index (Phi) is 17.0. The molecule has 0 aromatic heterocycles. The molecule has 2 unspecified atom stereocenters. The monoisotopic (exact) mass is 316 g/mol. The van der Waals surface area contributed by atoms with Crippen molar-refractivity contribution in [3.8, 4) is 0 Å². The molecule has 0 spiro atoms. The van der Waals surface area contributed by atoms with Crippen molar-refractivity contribution in [2.45, 2.75) is 63.8 Å². The van der Waals surface area contributed by atoms with Crippen LogP contribution in [0.4, 0.5) is 0 Å². The van der Waals surface area contributed by atoms with Crippen molar-refractivity contribution in [2.24, 2.45) is 11.8 Å². The maximum Gasteiger partial charge on any atom is 0 e. The van der Waals surface area contributed by atoms with Crippen molar-refractivity contribution in [3.63, 3.8) is 0 Å². The second kappa shape index (κ2) is 13.3. The number of nitrogens with zero attached hydrogens (tertiary/aromatic N) is 2. The molecule has 0 saturated heterocycles. The van der Waals surface area contributed by atoms with Crippen LogP contribution in [-0.4, -0.2) is 25.1 Å². The number of hydrogen-bond donors (Lipinski definition) is 0. The first kappa shape index (κ1) is 25.6. The van der Waals surface area contributed by atoms with Gasteiger partial charge in [0.15, 0.2) is 0 Å². The Morgan fingerprint density at radius 1 is 0.900 bits per heavy atom. The molecule has 0 aromatic rings. The second-order valence-electron chi connectivity index (χ2n) is 5.77. The summed E-state index contributed by atoms with van der Waals surface area (Å²) in [5, 5.41) is 2.23. The number of hydrogen-bond acceptors (Lipinski definition) is 1. The molecule has 0 bridgehead atoms. The summed E-state index contributed by atoms with van der Waals surface area (Å²) in [7, 11) is 4.10. The first-order valence-corrected chi connectivity index (χ1v) is 7.14. The van der Waals surface area contributed by atoms with E-state index >= 15 is 0 Å². The predicted molar refractivity (Wildman–Crippen MR) is 88.6 cm³/mol. The summed E-state index contributed by atoms with van der Waals surface area (Å²) < 4.78 is 0. The third kappa shape index (κ3) is 7.07. The van der Waals surface area contributed by atoms with E-state index < -0.39 is 0 Å². The fourth-order valence-electron chi connectivity index (χ4n) is 3.78. The molecule has 20 heavy (non-hydrogen) atoms. The molecule has 2 nitrogen and oxygen atoms in total. The Morgan fingerprint density at radius 3 is 1.95 bits per heavy atom. The molecule has 0 radical (unpaired) electrons. The maximum atomic E-state index is 4.37. The van der Waals surface area contributed by atoms with E-state index in [1.807, 2.05) is 7.05 Å². The van der Waals surface area contributed by atoms with Crippen LogP contribution in [0, 0.1) is 34.1 Å². The fraction of sp³-hybridized carbons (Fsp3) is 0.824. The molecule has 2 fully saturated rings. The number of rotatable bonds is 4. The second-order valence-corrected chi connectivity index (χ2v) is 5.77. The van der Waals surface area contributed by atoms with Gasteiger partial charge in [-0.15, -0.1) is 0 Å². The zero-order valence-corrected chi connectivity index (χ0v) is 16.1. The third-order valence-electron chi connectivity index (χ3n) is 4.78. The van der Waals surface area contributed by atoms with Crippen molar-refractivity contribution in [3.05, 3.63) is 27.7 Å². The fourth-order valence-corrected chi connectivity index (χ4v) is 3.78. The summed E-state index contributed by atoms with van der Waals surface area (Å²) in [4.78, 5) is 0. The molecule has 0 N–H and O–H groups in total. The van der Waals surface area contributed by atoms with Gasteiger partial charge in [0.25, 0.3) is 0 Å². The van der Waals surface area contributed by atoms with Crippen molar-refractivity contribution < 1.29 is 21.7 Å². The SMILES string of the molecule is C[N-]N(C)C1CCCCC1CC1CCCC1.[CH3-].[CH3-].[CH3-].[Ti]. The van der Waals surface area contributed by atoms with E-state index in [2.05, 4.69) is 17.5 Å². The molecule has 2 aliphatic rings. The average Bonchev–Trinajstić information content (AvgIpc) is 2.82. The van der Waals surface area contributed by atoms with Crippen LogP contribution in [0.25, 0.3) is 5.43 Å². The van der Waals surface area contributed by atoms with Gasteiger partial charge in [-0.1, -0.05) is 38.5 Å². The normalized spacial score (nSPS) is 25.9. The van der Waals surface area contributed by atoms with Crippen molar-refractivity contribution in [1.29, 1.82) is 0 Å². The summed E-state index contributed by atoms with van der Waals surface area (Å²) in [6.07, 6.45) is 13.1. The Labute approximate surface area is 144 Å². The van der Waals surface area contributed by atoms with E-state index in [0.717, 1.165) is 17.9 Å². The van der Waals surface area contributed by atoms with Crippen LogP contribution in [0.3, 0.4) is 0 Å². The molecule has 122 valence electrons. The Balaban J connectivity index is -0.000000722. The first-order valence-electron chi connectivity index (χ1n) is 7.14. The smallest absolute Gasteiger partial charge is 0 e. The van der Waals surface area contributed by atoms with Crippen molar-refractivity contribution >= 4 is 0 Å². The molecule has 0 heterocycles. The van der Waals surface area contributed by atoms with E-state index in [0.29, 0.717) is 0 Å². The molecule has 0 aliphatic heterocycles. The summed E-state index contributed by atoms with van der Waals surface area (Å²) in [6.45, 7) is 0. The van der Waals surface area contributed by atoms with Gasteiger partial charge in [0.2, 0.25) is 0 Å². The van der Waals surface area contributed by atoms with Gasteiger partial charge in [0.1, 0.15) is 0 Å². The van der Waals surface area contributed by atoms with Crippen LogP contribution in [-0.2, 0) is 21.7 Å². The van der Waals surface area contributed by atoms with E-state index in [9.17, 15) is 0 Å². The maximum absolute atomic E-state index is 4.37. The Bertz CT molecular complexity index is 205. The van der Waals surface area contributed by atoms with Crippen LogP contribution in [0.1, 0.15) is 57.8 Å². The van der Waals surface area contributed by atoms with Gasteiger partial charge in [-0.25, -0.2) is 0 Å². The summed E-state index contributed by atoms with van der Waals surface area (Å²) in [6, 6.07) is 0.736. The average molecular weight is 316 g/mol. The van der Waals surface area contributed by atoms with Gasteiger partial charge in [-0.05, 0) is 44.2 Å². The van der Waals surface area contributed by atoms with Crippen LogP contribution in [0.5, 0.6) is 0 Å². The zero-order valence-electron chi connectivity index (χ0n) is 14.5. The summed E-state index contributed by atoms with van der Waals surface area (Å²) >= 11 is 0. The molecule has 2 aliphatic carbocycles. The molecule has 0 aromatic carbocycles. The Hall–Kier alpha value is 0.634. The van der Waals surface area contributed by atoms with Gasteiger partial charge >= 0.3 is 0 Å². The zero-order chi connectivity index (χ0) is 11.4. The summed E-state index contributed by atoms with van der Waals surface area (Å²) in [5.74, 6) is 1.96. The molecule has 0 amide bonds. The van der Waals surface area contributed by atoms with Gasteiger partial charge in [-0.2, -0.15) is 7.05 Å². The van der Waals surface area contributed by atoms with Crippen LogP contribution in [0.15, 0.2) is 0 Å². The van der Waals surface area contributed by atoms with Gasteiger partial charge < -0.3 is 32.7 Å². The largest absolute Gasteiger partial charge is 0.597 e. The molecule has 2 saturated carbocycles. The third-order valence-corrected chi connectivity index (χ3v) is 4.78. The minimum atomic E-state index is 0. The topological polar surface area (TPSA) is 17.3 Å². The van der Waals surface area contributed by atoms with E-state index in [1.54, 1.807) is 0 Å². The quantitative estimate of drug-likeness (QED) is 0.389. The predicted octanol–water partition coefficient (Wildman–Crippen LogP) is 5.32. The van der Waals surface area contributed by atoms with Crippen LogP contribution >= 0.6 is 0 Å². The van der Waals surface area contributed by atoms with Gasteiger partial charge in [-0.3, -0.25) is 0 Å². The van der Waals surface area contributed by atoms with Gasteiger partial charge in [0.05, 0.1) is 0 Å². The standard InChI is InChI=1S/C14H27N2.3CH3.Ti/c1-15-16(2)14-10-6-5-9-13(14)11-12-7-3-4-8-12;;;;/h12-14H,3-11H2,1-2H3;3*1H3;/q4*-1;. The summed E-state index contributed by atoms with van der Waals surface area (Å²) in [5.41, 5.74) is 4.37. The van der Waals surface area contributed by atoms with Crippen molar-refractivity contribution in [1.82, 2.24) is 5.01 Å². The van der Waals surface area contributed by atoms with E-state index in [4.69, 9.17) is 0 Å². The molecular formula is C17H36N2Ti-4. The molecule has 3 heteroatoms. The van der Waals surface area contributed by atoms with Gasteiger partial charge in [0, 0.05) is 21.7 Å². The minimum absolute atomic E-state index is 0. The van der Waals surface area contributed by atoms with E-state index in [-0.39, 0.29) is 44.0 Å². The molecular weight excluding hydrogens is 280 g/mol. The van der Waals surface area contributed by atoms with Crippen LogP contribution in [0.2, 0.25) is 0 Å². The first-order chi connectivity index (χ1) is 7.81. The molecule has 2 rings (SSSR count). The van der Waals surface area contributed by atoms with Crippen LogP contribution < -0.4 is 0 Å².